The number of alkyl halides is 1. The van der Waals surface area contributed by atoms with Crippen LogP contribution in [0.1, 0.15) is 13.3 Å². The van der Waals surface area contributed by atoms with Crippen LogP contribution < -0.4 is 0 Å². The lowest BCUT2D eigenvalue weighted by Gasteiger charge is -1.80. The largest absolute Gasteiger partial charge is 0.292 e. The van der Waals surface area contributed by atoms with Crippen molar-refractivity contribution >= 4 is 24.0 Å². The van der Waals surface area contributed by atoms with E-state index in [1.54, 1.807) is 12.4 Å². The van der Waals surface area contributed by atoms with E-state index < -0.39 is 0 Å². The van der Waals surface area contributed by atoms with E-state index in [0.717, 1.165) is 13.0 Å². The molecule has 52 valence electrons. The third-order valence-corrected chi connectivity index (χ3v) is 0.837. The molecule has 0 heterocycles. The van der Waals surface area contributed by atoms with Crippen LogP contribution >= 0.6 is 11.6 Å². The summed E-state index contributed by atoms with van der Waals surface area (Å²) in [7, 11) is 0. The van der Waals surface area contributed by atoms with Crippen LogP contribution in [-0.2, 0) is 0 Å². The molecule has 0 unspecified atom stereocenters. The zero-order valence-corrected chi connectivity index (χ0v) is 6.30. The van der Waals surface area contributed by atoms with E-state index >= 15 is 0 Å². The first-order chi connectivity index (χ1) is 4.41. The third kappa shape index (κ3) is 7.63. The zero-order valence-electron chi connectivity index (χ0n) is 5.55. The summed E-state index contributed by atoms with van der Waals surface area (Å²) in [6.07, 6.45) is 4.36. The monoisotopic (exact) mass is 146 g/mol. The lowest BCUT2D eigenvalue weighted by atomic mass is 10.5. The van der Waals surface area contributed by atoms with Crippen molar-refractivity contribution in [2.24, 2.45) is 9.98 Å². The van der Waals surface area contributed by atoms with Gasteiger partial charge < -0.3 is 0 Å². The summed E-state index contributed by atoms with van der Waals surface area (Å²) >= 11 is 5.25. The molecule has 2 nitrogen and oxygen atoms in total. The Labute approximate surface area is 60.7 Å². The molecule has 0 radical (unpaired) electrons. The second kappa shape index (κ2) is 7.63. The number of aliphatic imine (C=N–C) groups is 2. The minimum atomic E-state index is 0.318. The Morgan fingerprint density at radius 3 is 2.56 bits per heavy atom. The van der Waals surface area contributed by atoms with Crippen LogP contribution in [0.15, 0.2) is 9.98 Å². The molecule has 0 N–H and O–H groups in total. The first kappa shape index (κ1) is 8.63. The standard InChI is InChI=1S/C6H11ClN2/c1-2-3-8-4-5-9-6-7/h4-5H,2-3,6H2,1H3/b8-4-,9-5-. The van der Waals surface area contributed by atoms with Crippen LogP contribution in [0.3, 0.4) is 0 Å². The average Bonchev–Trinajstić information content (AvgIpc) is 1.89. The van der Waals surface area contributed by atoms with E-state index in [2.05, 4.69) is 16.9 Å². The number of hydrogen-bond donors (Lipinski definition) is 0. The number of halogens is 1. The topological polar surface area (TPSA) is 24.7 Å². The molecule has 3 heteroatoms. The Balaban J connectivity index is 3.13. The van der Waals surface area contributed by atoms with Crippen molar-refractivity contribution in [3.8, 4) is 0 Å². The molecule has 0 spiro atoms. The average molecular weight is 147 g/mol. The first-order valence-corrected chi connectivity index (χ1v) is 3.49. The summed E-state index contributed by atoms with van der Waals surface area (Å²) in [5.74, 6) is 0. The summed E-state index contributed by atoms with van der Waals surface area (Å²) in [5, 5.41) is 0. The van der Waals surface area contributed by atoms with E-state index in [1.165, 1.54) is 0 Å². The molecule has 0 aliphatic carbocycles. The Morgan fingerprint density at radius 2 is 2.00 bits per heavy atom. The molecule has 0 aromatic carbocycles. The molecule has 0 aromatic heterocycles. The summed E-state index contributed by atoms with van der Waals surface area (Å²) in [6.45, 7) is 2.95. The minimum Gasteiger partial charge on any atom is -0.292 e. The highest BCUT2D eigenvalue weighted by Crippen LogP contribution is 1.74. The maximum absolute atomic E-state index is 5.25. The van der Waals surface area contributed by atoms with Gasteiger partial charge in [0, 0.05) is 19.0 Å². The summed E-state index contributed by atoms with van der Waals surface area (Å²) in [4.78, 5) is 7.73. The van der Waals surface area contributed by atoms with E-state index in [4.69, 9.17) is 11.6 Å². The van der Waals surface area contributed by atoms with Gasteiger partial charge in [-0.3, -0.25) is 9.98 Å². The fourth-order valence-electron chi connectivity index (χ4n) is 0.338. The maximum Gasteiger partial charge on any atom is 0.113 e. The molecule has 0 rings (SSSR count). The maximum atomic E-state index is 5.25. The van der Waals surface area contributed by atoms with Crippen molar-refractivity contribution in [3.05, 3.63) is 0 Å². The Bertz CT molecular complexity index is 99.2. The van der Waals surface area contributed by atoms with Crippen molar-refractivity contribution in [2.45, 2.75) is 13.3 Å². The lowest BCUT2D eigenvalue weighted by Crippen LogP contribution is -1.79. The Morgan fingerprint density at radius 1 is 1.33 bits per heavy atom. The quantitative estimate of drug-likeness (QED) is 0.328. The van der Waals surface area contributed by atoms with Gasteiger partial charge in [0.05, 0.1) is 0 Å². The minimum absolute atomic E-state index is 0.318. The highest BCUT2D eigenvalue weighted by molar-refractivity contribution is 6.20. The molecule has 0 bridgehead atoms. The molecule has 0 atom stereocenters. The van der Waals surface area contributed by atoms with Gasteiger partial charge in [-0.25, -0.2) is 0 Å². The van der Waals surface area contributed by atoms with Crippen LogP contribution in [0, 0.1) is 0 Å². The Hall–Kier alpha value is -0.370. The second-order valence-electron chi connectivity index (χ2n) is 1.51. The first-order valence-electron chi connectivity index (χ1n) is 2.96. The molecule has 0 aliphatic rings. The van der Waals surface area contributed by atoms with Crippen LogP contribution in [0.25, 0.3) is 0 Å². The van der Waals surface area contributed by atoms with Crippen LogP contribution in [-0.4, -0.2) is 25.0 Å². The molecule has 0 saturated heterocycles. The van der Waals surface area contributed by atoms with Gasteiger partial charge in [0.25, 0.3) is 0 Å². The van der Waals surface area contributed by atoms with Gasteiger partial charge in [-0.15, -0.1) is 11.6 Å². The second-order valence-corrected chi connectivity index (χ2v) is 1.75. The molecule has 0 saturated carbocycles. The summed E-state index contributed by atoms with van der Waals surface area (Å²) < 4.78 is 0. The predicted molar refractivity (Wildman–Crippen MR) is 42.9 cm³/mol. The number of hydrogen-bond acceptors (Lipinski definition) is 2. The normalized spacial score (nSPS) is 11.8. The SMILES string of the molecule is CCC/N=C\C=N/CCl. The van der Waals surface area contributed by atoms with Gasteiger partial charge in [0.1, 0.15) is 6.00 Å². The van der Waals surface area contributed by atoms with Gasteiger partial charge in [0.2, 0.25) is 0 Å². The van der Waals surface area contributed by atoms with Crippen molar-refractivity contribution in [2.75, 3.05) is 12.5 Å². The number of nitrogens with zero attached hydrogens (tertiary/aromatic N) is 2. The smallest absolute Gasteiger partial charge is 0.113 e. The lowest BCUT2D eigenvalue weighted by molar-refractivity contribution is 0.938. The molecular weight excluding hydrogens is 136 g/mol. The molecular formula is C6H11ClN2. The fraction of sp³-hybridized carbons (Fsp3) is 0.667. The molecule has 0 aliphatic heterocycles. The van der Waals surface area contributed by atoms with Crippen molar-refractivity contribution < 1.29 is 0 Å². The fourth-order valence-corrected chi connectivity index (χ4v) is 0.417. The van der Waals surface area contributed by atoms with Crippen molar-refractivity contribution in [1.29, 1.82) is 0 Å². The van der Waals surface area contributed by atoms with Crippen molar-refractivity contribution in [1.82, 2.24) is 0 Å². The molecule has 0 amide bonds. The highest BCUT2D eigenvalue weighted by atomic mass is 35.5. The third-order valence-electron chi connectivity index (χ3n) is 0.699. The molecule has 0 aromatic rings. The Kier molecular flexibility index (Phi) is 7.32. The van der Waals surface area contributed by atoms with E-state index in [1.807, 2.05) is 0 Å². The van der Waals surface area contributed by atoms with Crippen LogP contribution in [0.4, 0.5) is 0 Å². The van der Waals surface area contributed by atoms with Gasteiger partial charge in [-0.05, 0) is 6.42 Å². The summed E-state index contributed by atoms with van der Waals surface area (Å²) in [6, 6.07) is 0.318. The van der Waals surface area contributed by atoms with Gasteiger partial charge in [0.15, 0.2) is 0 Å². The molecule has 9 heavy (non-hydrogen) atoms. The van der Waals surface area contributed by atoms with Gasteiger partial charge >= 0.3 is 0 Å². The zero-order chi connectivity index (χ0) is 6.95. The van der Waals surface area contributed by atoms with E-state index in [9.17, 15) is 0 Å². The van der Waals surface area contributed by atoms with Gasteiger partial charge in [-0.2, -0.15) is 0 Å². The van der Waals surface area contributed by atoms with E-state index in [0.29, 0.717) is 6.00 Å². The summed E-state index contributed by atoms with van der Waals surface area (Å²) in [5.41, 5.74) is 0. The predicted octanol–water partition coefficient (Wildman–Crippen LogP) is 1.73. The van der Waals surface area contributed by atoms with Crippen LogP contribution in [0.5, 0.6) is 0 Å². The number of rotatable bonds is 4. The highest BCUT2D eigenvalue weighted by Gasteiger charge is 1.69. The van der Waals surface area contributed by atoms with Gasteiger partial charge in [-0.1, -0.05) is 6.92 Å². The van der Waals surface area contributed by atoms with Crippen molar-refractivity contribution in [3.63, 3.8) is 0 Å². The van der Waals surface area contributed by atoms with Crippen LogP contribution in [0.2, 0.25) is 0 Å². The van der Waals surface area contributed by atoms with E-state index in [-0.39, 0.29) is 0 Å². The molecule has 0 fully saturated rings.